The van der Waals surface area contributed by atoms with Crippen LogP contribution in [0.5, 0.6) is 0 Å². The highest BCUT2D eigenvalue weighted by molar-refractivity contribution is 5.81. The van der Waals surface area contributed by atoms with Crippen molar-refractivity contribution >= 4 is 5.97 Å². The molecule has 0 N–H and O–H groups in total. The van der Waals surface area contributed by atoms with E-state index in [9.17, 15) is 4.79 Å². The fraction of sp³-hybridized carbons (Fsp3) is 0.800. The SMILES string of the molecule is C=CC(=O)OC(C)CC1CCCCC1CCC. The molecular weight excluding hydrogens is 212 g/mol. The summed E-state index contributed by atoms with van der Waals surface area (Å²) >= 11 is 0. The lowest BCUT2D eigenvalue weighted by atomic mass is 9.74. The molecular formula is C15H26O2. The summed E-state index contributed by atoms with van der Waals surface area (Å²) in [6.07, 6.45) is 10.3. The van der Waals surface area contributed by atoms with Crippen molar-refractivity contribution in [2.24, 2.45) is 11.8 Å². The molecule has 3 atom stereocenters. The van der Waals surface area contributed by atoms with Gasteiger partial charge in [0.05, 0.1) is 6.10 Å². The van der Waals surface area contributed by atoms with Crippen molar-refractivity contribution in [1.82, 2.24) is 0 Å². The summed E-state index contributed by atoms with van der Waals surface area (Å²) in [5.74, 6) is 1.30. The van der Waals surface area contributed by atoms with Crippen molar-refractivity contribution < 1.29 is 9.53 Å². The third-order valence-electron chi connectivity index (χ3n) is 3.84. The Kier molecular flexibility index (Phi) is 6.31. The number of hydrogen-bond donors (Lipinski definition) is 0. The maximum Gasteiger partial charge on any atom is 0.330 e. The summed E-state index contributed by atoms with van der Waals surface area (Å²) in [5.41, 5.74) is 0. The van der Waals surface area contributed by atoms with E-state index >= 15 is 0 Å². The lowest BCUT2D eigenvalue weighted by Crippen LogP contribution is -2.25. The molecule has 2 nitrogen and oxygen atoms in total. The van der Waals surface area contributed by atoms with E-state index in [1.165, 1.54) is 44.6 Å². The zero-order valence-corrected chi connectivity index (χ0v) is 11.3. The molecule has 0 amide bonds. The maximum absolute atomic E-state index is 11.1. The predicted octanol–water partition coefficient (Wildman–Crippen LogP) is 4.10. The van der Waals surface area contributed by atoms with Gasteiger partial charge in [0.25, 0.3) is 0 Å². The smallest absolute Gasteiger partial charge is 0.330 e. The van der Waals surface area contributed by atoms with Crippen LogP contribution in [0.25, 0.3) is 0 Å². The molecule has 1 aliphatic rings. The first-order valence-corrected chi connectivity index (χ1v) is 7.00. The van der Waals surface area contributed by atoms with Gasteiger partial charge >= 0.3 is 5.97 Å². The van der Waals surface area contributed by atoms with Gasteiger partial charge in [-0.3, -0.25) is 0 Å². The molecule has 1 aliphatic carbocycles. The van der Waals surface area contributed by atoms with E-state index in [1.54, 1.807) is 0 Å². The van der Waals surface area contributed by atoms with Gasteiger partial charge in [-0.2, -0.15) is 0 Å². The molecule has 3 unspecified atom stereocenters. The Morgan fingerprint density at radius 1 is 1.41 bits per heavy atom. The Balaban J connectivity index is 2.40. The van der Waals surface area contributed by atoms with Crippen LogP contribution in [0.1, 0.15) is 58.8 Å². The molecule has 0 saturated heterocycles. The van der Waals surface area contributed by atoms with Crippen LogP contribution in [0, 0.1) is 11.8 Å². The van der Waals surface area contributed by atoms with E-state index in [0.29, 0.717) is 0 Å². The van der Waals surface area contributed by atoms with Crippen molar-refractivity contribution in [1.29, 1.82) is 0 Å². The lowest BCUT2D eigenvalue weighted by molar-refractivity contribution is -0.143. The standard InChI is InChI=1S/C15H26O2/c1-4-8-13-9-6-7-10-14(13)11-12(3)17-15(16)5-2/h5,12-14H,2,4,6-11H2,1,3H3. The molecule has 0 spiro atoms. The molecule has 1 fully saturated rings. The molecule has 0 aromatic rings. The van der Waals surface area contributed by atoms with Crippen LogP contribution in [0.3, 0.4) is 0 Å². The fourth-order valence-corrected chi connectivity index (χ4v) is 3.07. The Morgan fingerprint density at radius 3 is 2.65 bits per heavy atom. The highest BCUT2D eigenvalue weighted by Gasteiger charge is 2.26. The monoisotopic (exact) mass is 238 g/mol. The molecule has 0 radical (unpaired) electrons. The quantitative estimate of drug-likeness (QED) is 0.514. The molecule has 0 aliphatic heterocycles. The number of carbonyl (C=O) groups excluding carboxylic acids is 1. The van der Waals surface area contributed by atoms with E-state index in [2.05, 4.69) is 13.5 Å². The van der Waals surface area contributed by atoms with Gasteiger partial charge in [0.2, 0.25) is 0 Å². The molecule has 0 heterocycles. The average molecular weight is 238 g/mol. The van der Waals surface area contributed by atoms with Crippen LogP contribution in [0.15, 0.2) is 12.7 Å². The Bertz CT molecular complexity index is 245. The molecule has 98 valence electrons. The zero-order chi connectivity index (χ0) is 12.7. The molecule has 2 heteroatoms. The van der Waals surface area contributed by atoms with Crippen LogP contribution < -0.4 is 0 Å². The minimum atomic E-state index is -0.291. The van der Waals surface area contributed by atoms with Crippen molar-refractivity contribution in [3.8, 4) is 0 Å². The highest BCUT2D eigenvalue weighted by Crippen LogP contribution is 2.36. The van der Waals surface area contributed by atoms with Crippen molar-refractivity contribution in [2.75, 3.05) is 0 Å². The van der Waals surface area contributed by atoms with E-state index < -0.39 is 0 Å². The first-order valence-electron chi connectivity index (χ1n) is 7.00. The normalized spacial score (nSPS) is 26.2. The Morgan fingerprint density at radius 2 is 2.06 bits per heavy atom. The van der Waals surface area contributed by atoms with Gasteiger partial charge < -0.3 is 4.74 Å². The summed E-state index contributed by atoms with van der Waals surface area (Å²) in [6, 6.07) is 0. The summed E-state index contributed by atoms with van der Waals surface area (Å²) in [4.78, 5) is 11.1. The van der Waals surface area contributed by atoms with Crippen LogP contribution in [0.4, 0.5) is 0 Å². The highest BCUT2D eigenvalue weighted by atomic mass is 16.5. The van der Waals surface area contributed by atoms with E-state index in [4.69, 9.17) is 4.74 Å². The minimum Gasteiger partial charge on any atom is -0.460 e. The Hall–Kier alpha value is -0.790. The second-order valence-electron chi connectivity index (χ2n) is 5.28. The molecule has 1 rings (SSSR count). The summed E-state index contributed by atoms with van der Waals surface area (Å²) in [7, 11) is 0. The molecule has 1 saturated carbocycles. The first kappa shape index (κ1) is 14.3. The van der Waals surface area contributed by atoms with Gasteiger partial charge in [-0.05, 0) is 25.2 Å². The second-order valence-corrected chi connectivity index (χ2v) is 5.28. The van der Waals surface area contributed by atoms with Crippen molar-refractivity contribution in [2.45, 2.75) is 64.9 Å². The Labute approximate surface area is 105 Å². The van der Waals surface area contributed by atoms with Crippen LogP contribution in [-0.2, 0) is 9.53 Å². The fourth-order valence-electron chi connectivity index (χ4n) is 3.07. The number of ether oxygens (including phenoxy) is 1. The van der Waals surface area contributed by atoms with Gasteiger partial charge in [0.1, 0.15) is 0 Å². The minimum absolute atomic E-state index is 0.0305. The number of carbonyl (C=O) groups is 1. The van der Waals surface area contributed by atoms with Gasteiger partial charge in [-0.15, -0.1) is 0 Å². The third kappa shape index (κ3) is 4.93. The number of hydrogen-bond acceptors (Lipinski definition) is 2. The summed E-state index contributed by atoms with van der Waals surface area (Å²) in [5, 5.41) is 0. The first-order chi connectivity index (χ1) is 8.17. The molecule has 17 heavy (non-hydrogen) atoms. The van der Waals surface area contributed by atoms with Gasteiger partial charge in [0, 0.05) is 6.08 Å². The van der Waals surface area contributed by atoms with Gasteiger partial charge in [0.15, 0.2) is 0 Å². The lowest BCUT2D eigenvalue weighted by Gasteiger charge is -2.33. The predicted molar refractivity (Wildman–Crippen MR) is 70.7 cm³/mol. The molecule has 0 aromatic heterocycles. The van der Waals surface area contributed by atoms with Gasteiger partial charge in [-0.25, -0.2) is 4.79 Å². The molecule has 0 bridgehead atoms. The summed E-state index contributed by atoms with van der Waals surface area (Å²) < 4.78 is 5.27. The number of rotatable bonds is 6. The third-order valence-corrected chi connectivity index (χ3v) is 3.84. The van der Waals surface area contributed by atoms with Crippen molar-refractivity contribution in [3.05, 3.63) is 12.7 Å². The van der Waals surface area contributed by atoms with Crippen LogP contribution >= 0.6 is 0 Å². The second kappa shape index (κ2) is 7.52. The zero-order valence-electron chi connectivity index (χ0n) is 11.3. The van der Waals surface area contributed by atoms with Gasteiger partial charge in [-0.1, -0.05) is 52.0 Å². The molecule has 0 aromatic carbocycles. The van der Waals surface area contributed by atoms with E-state index in [1.807, 2.05) is 6.92 Å². The largest absolute Gasteiger partial charge is 0.460 e. The average Bonchev–Trinajstić information content (AvgIpc) is 2.31. The maximum atomic E-state index is 11.1. The number of esters is 1. The summed E-state index contributed by atoms with van der Waals surface area (Å²) in [6.45, 7) is 7.69. The van der Waals surface area contributed by atoms with Crippen LogP contribution in [-0.4, -0.2) is 12.1 Å². The van der Waals surface area contributed by atoms with Crippen LogP contribution in [0.2, 0.25) is 0 Å². The topological polar surface area (TPSA) is 26.3 Å². The van der Waals surface area contributed by atoms with E-state index in [-0.39, 0.29) is 12.1 Å². The van der Waals surface area contributed by atoms with E-state index in [0.717, 1.165) is 18.3 Å². The van der Waals surface area contributed by atoms with Crippen molar-refractivity contribution in [3.63, 3.8) is 0 Å².